The lowest BCUT2D eigenvalue weighted by Crippen LogP contribution is -2.38. The molecule has 1 aromatic carbocycles. The van der Waals surface area contributed by atoms with Gasteiger partial charge in [-0.05, 0) is 43.0 Å². The zero-order valence-electron chi connectivity index (χ0n) is 11.4. The van der Waals surface area contributed by atoms with E-state index in [-0.39, 0.29) is 10.8 Å². The maximum Gasteiger partial charge on any atom is 0.253 e. The van der Waals surface area contributed by atoms with Gasteiger partial charge in [-0.25, -0.2) is 8.42 Å². The first-order valence-electron chi connectivity index (χ1n) is 6.57. The molecule has 0 aromatic heterocycles. The minimum atomic E-state index is -3.22. The van der Waals surface area contributed by atoms with Gasteiger partial charge in [0.15, 0.2) is 9.84 Å². The Labute approximate surface area is 124 Å². The number of rotatable bonds is 3. The molecule has 0 N–H and O–H groups in total. The molecule has 6 heteroatoms. The van der Waals surface area contributed by atoms with Crippen molar-refractivity contribution in [2.75, 3.05) is 25.2 Å². The Kier molecular flexibility index (Phi) is 4.70. The average molecular weight is 316 g/mol. The standard InChI is InChI=1S/C14H18ClNO3S/c1-20(18,19)13-4-2-12(3-5-13)14(17)16-8-6-11(10-15)7-9-16/h2-5,11H,6-10H2,1H3. The highest BCUT2D eigenvalue weighted by atomic mass is 35.5. The number of alkyl halides is 1. The van der Waals surface area contributed by atoms with Crippen LogP contribution in [0.15, 0.2) is 29.2 Å². The fraction of sp³-hybridized carbons (Fsp3) is 0.500. The molecule has 4 nitrogen and oxygen atoms in total. The summed E-state index contributed by atoms with van der Waals surface area (Å²) in [5.74, 6) is 1.09. The largest absolute Gasteiger partial charge is 0.339 e. The molecule has 1 amide bonds. The predicted molar refractivity (Wildman–Crippen MR) is 78.9 cm³/mol. The topological polar surface area (TPSA) is 54.5 Å². The molecular formula is C14H18ClNO3S. The number of benzene rings is 1. The lowest BCUT2D eigenvalue weighted by atomic mass is 9.98. The Balaban J connectivity index is 2.07. The van der Waals surface area contributed by atoms with Gasteiger partial charge in [0, 0.05) is 30.8 Å². The normalized spacial score (nSPS) is 17.2. The van der Waals surface area contributed by atoms with Crippen LogP contribution >= 0.6 is 11.6 Å². The smallest absolute Gasteiger partial charge is 0.253 e. The van der Waals surface area contributed by atoms with Gasteiger partial charge in [0.25, 0.3) is 5.91 Å². The van der Waals surface area contributed by atoms with E-state index in [2.05, 4.69) is 0 Å². The SMILES string of the molecule is CS(=O)(=O)c1ccc(C(=O)N2CCC(CCl)CC2)cc1. The Bertz CT molecular complexity index is 575. The van der Waals surface area contributed by atoms with Crippen LogP contribution in [0.1, 0.15) is 23.2 Å². The number of sulfone groups is 1. The molecule has 1 aromatic rings. The van der Waals surface area contributed by atoms with Crippen LogP contribution in [-0.2, 0) is 9.84 Å². The van der Waals surface area contributed by atoms with Crippen molar-refractivity contribution in [3.05, 3.63) is 29.8 Å². The van der Waals surface area contributed by atoms with Gasteiger partial charge in [-0.1, -0.05) is 0 Å². The molecule has 1 aliphatic heterocycles. The number of amides is 1. The number of likely N-dealkylation sites (tertiary alicyclic amines) is 1. The van der Waals surface area contributed by atoms with Crippen LogP contribution in [0.3, 0.4) is 0 Å². The maximum atomic E-state index is 12.3. The van der Waals surface area contributed by atoms with E-state index in [1.165, 1.54) is 12.1 Å². The summed E-state index contributed by atoms with van der Waals surface area (Å²) in [6.45, 7) is 1.42. The van der Waals surface area contributed by atoms with Crippen LogP contribution in [0, 0.1) is 5.92 Å². The van der Waals surface area contributed by atoms with Crippen molar-refractivity contribution >= 4 is 27.3 Å². The summed E-state index contributed by atoms with van der Waals surface area (Å²) in [4.78, 5) is 14.3. The quantitative estimate of drug-likeness (QED) is 0.803. The zero-order chi connectivity index (χ0) is 14.8. The van der Waals surface area contributed by atoms with Gasteiger partial charge in [-0.2, -0.15) is 0 Å². The van der Waals surface area contributed by atoms with E-state index >= 15 is 0 Å². The van der Waals surface area contributed by atoms with E-state index in [1.807, 2.05) is 0 Å². The molecule has 2 rings (SSSR count). The fourth-order valence-corrected chi connectivity index (χ4v) is 3.26. The number of piperidine rings is 1. The Morgan fingerprint density at radius 1 is 1.25 bits per heavy atom. The first kappa shape index (κ1) is 15.3. The summed E-state index contributed by atoms with van der Waals surface area (Å²) in [6, 6.07) is 6.11. The summed E-state index contributed by atoms with van der Waals surface area (Å²) in [6.07, 6.45) is 3.01. The molecule has 110 valence electrons. The van der Waals surface area contributed by atoms with Crippen LogP contribution in [0.2, 0.25) is 0 Å². The summed E-state index contributed by atoms with van der Waals surface area (Å²) in [5, 5.41) is 0. The molecule has 0 aliphatic carbocycles. The predicted octanol–water partition coefficient (Wildman–Crippen LogP) is 2.18. The lowest BCUT2D eigenvalue weighted by molar-refractivity contribution is 0.0698. The summed E-state index contributed by atoms with van der Waals surface area (Å²) in [7, 11) is -3.22. The van der Waals surface area contributed by atoms with Gasteiger partial charge < -0.3 is 4.90 Å². The second kappa shape index (κ2) is 6.14. The Morgan fingerprint density at radius 3 is 2.25 bits per heavy atom. The van der Waals surface area contributed by atoms with E-state index in [0.717, 1.165) is 19.1 Å². The fourth-order valence-electron chi connectivity index (χ4n) is 2.32. The van der Waals surface area contributed by atoms with Crippen molar-refractivity contribution < 1.29 is 13.2 Å². The van der Waals surface area contributed by atoms with Crippen molar-refractivity contribution in [1.29, 1.82) is 0 Å². The third-order valence-electron chi connectivity index (χ3n) is 3.65. The Morgan fingerprint density at radius 2 is 1.80 bits per heavy atom. The lowest BCUT2D eigenvalue weighted by Gasteiger charge is -2.31. The number of carbonyl (C=O) groups excluding carboxylic acids is 1. The molecule has 20 heavy (non-hydrogen) atoms. The highest BCUT2D eigenvalue weighted by Crippen LogP contribution is 2.20. The van der Waals surface area contributed by atoms with E-state index in [9.17, 15) is 13.2 Å². The highest BCUT2D eigenvalue weighted by Gasteiger charge is 2.23. The average Bonchev–Trinajstić information content (AvgIpc) is 2.46. The van der Waals surface area contributed by atoms with E-state index in [1.54, 1.807) is 17.0 Å². The first-order valence-corrected chi connectivity index (χ1v) is 9.00. The molecule has 0 radical (unpaired) electrons. The molecule has 1 heterocycles. The van der Waals surface area contributed by atoms with Crippen LogP contribution in [0.5, 0.6) is 0 Å². The van der Waals surface area contributed by atoms with Crippen LogP contribution in [0.4, 0.5) is 0 Å². The van der Waals surface area contributed by atoms with Crippen molar-refractivity contribution in [3.8, 4) is 0 Å². The van der Waals surface area contributed by atoms with Crippen molar-refractivity contribution in [2.45, 2.75) is 17.7 Å². The van der Waals surface area contributed by atoms with Gasteiger partial charge in [-0.15, -0.1) is 11.6 Å². The molecule has 0 saturated carbocycles. The maximum absolute atomic E-state index is 12.3. The van der Waals surface area contributed by atoms with Crippen LogP contribution in [0.25, 0.3) is 0 Å². The second-order valence-corrected chi connectivity index (χ2v) is 7.51. The number of hydrogen-bond acceptors (Lipinski definition) is 3. The summed E-state index contributed by atoms with van der Waals surface area (Å²) in [5.41, 5.74) is 0.529. The van der Waals surface area contributed by atoms with Gasteiger partial charge in [0.1, 0.15) is 0 Å². The first-order chi connectivity index (χ1) is 9.41. The molecule has 0 unspecified atom stereocenters. The monoisotopic (exact) mass is 315 g/mol. The summed E-state index contributed by atoms with van der Waals surface area (Å²) < 4.78 is 22.8. The van der Waals surface area contributed by atoms with Crippen LogP contribution in [-0.4, -0.2) is 44.5 Å². The number of hydrogen-bond donors (Lipinski definition) is 0. The third-order valence-corrected chi connectivity index (χ3v) is 5.21. The van der Waals surface area contributed by atoms with E-state index in [0.29, 0.717) is 30.5 Å². The van der Waals surface area contributed by atoms with Crippen molar-refractivity contribution in [2.24, 2.45) is 5.92 Å². The molecule has 0 atom stereocenters. The van der Waals surface area contributed by atoms with E-state index in [4.69, 9.17) is 11.6 Å². The number of nitrogens with zero attached hydrogens (tertiary/aromatic N) is 1. The molecule has 0 spiro atoms. The highest BCUT2D eigenvalue weighted by molar-refractivity contribution is 7.90. The van der Waals surface area contributed by atoms with E-state index < -0.39 is 9.84 Å². The van der Waals surface area contributed by atoms with Gasteiger partial charge in [-0.3, -0.25) is 4.79 Å². The third kappa shape index (κ3) is 3.52. The molecular weight excluding hydrogens is 298 g/mol. The number of halogens is 1. The van der Waals surface area contributed by atoms with Gasteiger partial charge >= 0.3 is 0 Å². The molecule has 0 bridgehead atoms. The molecule has 1 fully saturated rings. The van der Waals surface area contributed by atoms with Crippen LogP contribution < -0.4 is 0 Å². The zero-order valence-corrected chi connectivity index (χ0v) is 13.0. The molecule has 1 aliphatic rings. The van der Waals surface area contributed by atoms with Gasteiger partial charge in [0.2, 0.25) is 0 Å². The van der Waals surface area contributed by atoms with Crippen molar-refractivity contribution in [1.82, 2.24) is 4.90 Å². The Hall–Kier alpha value is -1.07. The summed E-state index contributed by atoms with van der Waals surface area (Å²) >= 11 is 5.82. The number of carbonyl (C=O) groups is 1. The second-order valence-electron chi connectivity index (χ2n) is 5.19. The molecule has 1 saturated heterocycles. The minimum absolute atomic E-state index is 0.0435. The van der Waals surface area contributed by atoms with Crippen molar-refractivity contribution in [3.63, 3.8) is 0 Å². The minimum Gasteiger partial charge on any atom is -0.339 e. The van der Waals surface area contributed by atoms with Gasteiger partial charge in [0.05, 0.1) is 4.90 Å².